The number of rotatable bonds is 4. The van der Waals surface area contributed by atoms with Gasteiger partial charge in [0.2, 0.25) is 11.2 Å². The van der Waals surface area contributed by atoms with E-state index in [1.165, 1.54) is 6.07 Å². The second kappa shape index (κ2) is 8.72. The van der Waals surface area contributed by atoms with Crippen LogP contribution in [0.2, 0.25) is 0 Å². The van der Waals surface area contributed by atoms with Crippen molar-refractivity contribution in [2.45, 2.75) is 117 Å². The zero-order valence-corrected chi connectivity index (χ0v) is 27.8. The standard InChI is InChI=1S/C35H41NO10/c1-17-16-20(37)42-22-18(17)10-11-19-21(22)23(43-27(40)34-14-12-32(8,25(38)45-34)30(34,4)5)24(29(2,3)36-19)44-28(41)35-15-13-33(9,26(39)46-35)31(35,6)7/h10-11,16,23-24,36H,12-15H2,1-9H3/t23-,24-,32?,33?,34?,35?/m1/s1. The number of benzene rings is 1. The van der Waals surface area contributed by atoms with Gasteiger partial charge < -0.3 is 28.7 Å². The third-order valence-corrected chi connectivity index (χ3v) is 13.2. The number of nitrogens with one attached hydrogen (secondary N) is 1. The maximum absolute atomic E-state index is 14.5. The van der Waals surface area contributed by atoms with E-state index >= 15 is 0 Å². The van der Waals surface area contributed by atoms with E-state index in [1.807, 2.05) is 33.8 Å². The molecule has 3 aliphatic heterocycles. The predicted molar refractivity (Wildman–Crippen MR) is 164 cm³/mol. The number of carbonyl (C=O) groups excluding carboxylic acids is 4. The lowest BCUT2D eigenvalue weighted by atomic mass is 9.66. The van der Waals surface area contributed by atoms with Crippen molar-refractivity contribution in [3.8, 4) is 0 Å². The van der Waals surface area contributed by atoms with E-state index in [2.05, 4.69) is 5.32 Å². The molecule has 0 spiro atoms. The molecule has 2 aliphatic carbocycles. The van der Waals surface area contributed by atoms with E-state index < -0.39 is 80.1 Å². The van der Waals surface area contributed by atoms with E-state index in [4.69, 9.17) is 23.4 Å². The molecule has 7 rings (SSSR count). The molecule has 2 saturated heterocycles. The fourth-order valence-electron chi connectivity index (χ4n) is 8.90. The molecular weight excluding hydrogens is 594 g/mol. The molecule has 2 aromatic rings. The minimum absolute atomic E-state index is 0.181. The molecule has 4 bridgehead atoms. The molecular formula is C35H41NO10. The van der Waals surface area contributed by atoms with Crippen molar-refractivity contribution in [1.29, 1.82) is 0 Å². The molecule has 0 radical (unpaired) electrons. The number of ether oxygens (including phenoxy) is 4. The van der Waals surface area contributed by atoms with Crippen LogP contribution in [-0.2, 0) is 38.1 Å². The van der Waals surface area contributed by atoms with Gasteiger partial charge in [-0.3, -0.25) is 9.59 Å². The lowest BCUT2D eigenvalue weighted by molar-refractivity contribution is -0.206. The molecule has 1 aromatic heterocycles. The first-order valence-corrected chi connectivity index (χ1v) is 15.9. The van der Waals surface area contributed by atoms with Crippen LogP contribution < -0.4 is 10.9 Å². The number of fused-ring (bicyclic) bond motifs is 7. The molecule has 1 aromatic carbocycles. The molecule has 246 valence electrons. The average molecular weight is 636 g/mol. The van der Waals surface area contributed by atoms with Gasteiger partial charge in [-0.2, -0.15) is 0 Å². The summed E-state index contributed by atoms with van der Waals surface area (Å²) in [6, 6.07) is 4.99. The Morgan fingerprint density at radius 2 is 1.30 bits per heavy atom. The van der Waals surface area contributed by atoms with Crippen LogP contribution in [-0.4, -0.2) is 46.7 Å². The zero-order valence-electron chi connectivity index (χ0n) is 27.8. The van der Waals surface area contributed by atoms with Crippen LogP contribution in [0.3, 0.4) is 0 Å². The van der Waals surface area contributed by atoms with E-state index in [1.54, 1.807) is 40.7 Å². The van der Waals surface area contributed by atoms with Gasteiger partial charge in [0.15, 0.2) is 12.2 Å². The van der Waals surface area contributed by atoms with Crippen LogP contribution in [0.1, 0.15) is 98.3 Å². The molecule has 6 atom stereocenters. The Kier molecular flexibility index (Phi) is 5.83. The van der Waals surface area contributed by atoms with Crippen molar-refractivity contribution >= 4 is 40.5 Å². The summed E-state index contributed by atoms with van der Waals surface area (Å²) in [5.74, 6) is -2.43. The van der Waals surface area contributed by atoms with Gasteiger partial charge in [-0.1, -0.05) is 27.7 Å². The fourth-order valence-corrected chi connectivity index (χ4v) is 8.90. The first-order valence-electron chi connectivity index (χ1n) is 15.9. The molecule has 5 aliphatic rings. The smallest absolute Gasteiger partial charge is 0.351 e. The predicted octanol–water partition coefficient (Wildman–Crippen LogP) is 5.05. The lowest BCUT2D eigenvalue weighted by Crippen LogP contribution is -2.58. The first-order chi connectivity index (χ1) is 21.2. The maximum Gasteiger partial charge on any atom is 0.351 e. The van der Waals surface area contributed by atoms with Gasteiger partial charge in [0, 0.05) is 28.0 Å². The van der Waals surface area contributed by atoms with Crippen molar-refractivity contribution in [3.63, 3.8) is 0 Å². The largest absolute Gasteiger partial charge is 0.453 e. The van der Waals surface area contributed by atoms with Crippen LogP contribution in [0.5, 0.6) is 0 Å². The first kappa shape index (κ1) is 30.7. The van der Waals surface area contributed by atoms with Crippen LogP contribution >= 0.6 is 0 Å². The Bertz CT molecular complexity index is 1840. The third kappa shape index (κ3) is 3.31. The second-order valence-electron chi connectivity index (χ2n) is 16.0. The Balaban J connectivity index is 1.37. The highest BCUT2D eigenvalue weighted by molar-refractivity contribution is 5.96. The van der Waals surface area contributed by atoms with Gasteiger partial charge in [0.25, 0.3) is 0 Å². The maximum atomic E-state index is 14.5. The van der Waals surface area contributed by atoms with Crippen LogP contribution in [0.25, 0.3) is 11.0 Å². The van der Waals surface area contributed by atoms with Crippen molar-refractivity contribution in [1.82, 2.24) is 0 Å². The molecule has 4 unspecified atom stereocenters. The van der Waals surface area contributed by atoms with Gasteiger partial charge in [0.1, 0.15) is 5.58 Å². The highest BCUT2D eigenvalue weighted by Gasteiger charge is 2.78. The number of anilines is 1. The molecule has 46 heavy (non-hydrogen) atoms. The highest BCUT2D eigenvalue weighted by atomic mass is 16.6. The summed E-state index contributed by atoms with van der Waals surface area (Å²) in [4.78, 5) is 67.6. The number of hydrogen-bond donors (Lipinski definition) is 1. The monoisotopic (exact) mass is 635 g/mol. The fraction of sp³-hybridized carbons (Fsp3) is 0.629. The Hall–Kier alpha value is -3.89. The van der Waals surface area contributed by atoms with Gasteiger partial charge in [-0.15, -0.1) is 0 Å². The molecule has 11 nitrogen and oxygen atoms in total. The van der Waals surface area contributed by atoms with Crippen LogP contribution in [0.15, 0.2) is 27.4 Å². The van der Waals surface area contributed by atoms with E-state index in [9.17, 15) is 24.0 Å². The summed E-state index contributed by atoms with van der Waals surface area (Å²) < 4.78 is 30.2. The van der Waals surface area contributed by atoms with Gasteiger partial charge in [0.05, 0.1) is 21.9 Å². The minimum Gasteiger partial charge on any atom is -0.453 e. The van der Waals surface area contributed by atoms with Crippen molar-refractivity contribution < 1.29 is 42.5 Å². The number of esters is 4. The van der Waals surface area contributed by atoms with Gasteiger partial charge in [-0.25, -0.2) is 14.4 Å². The van der Waals surface area contributed by atoms with E-state index in [0.717, 1.165) is 0 Å². The zero-order chi connectivity index (χ0) is 33.6. The average Bonchev–Trinajstić information content (AvgIpc) is 3.42. The molecule has 1 N–H and O–H groups in total. The van der Waals surface area contributed by atoms with Gasteiger partial charge >= 0.3 is 29.5 Å². The Labute approximate surface area is 266 Å². The van der Waals surface area contributed by atoms with Gasteiger partial charge in [-0.05, 0) is 78.0 Å². The summed E-state index contributed by atoms with van der Waals surface area (Å²) in [5.41, 5.74) is -6.61. The number of aryl methyl sites for hydroxylation is 1. The SMILES string of the molecule is Cc1cc(=O)oc2c3c(ccc12)NC(C)(C)[C@H](OC(=O)C12CCC(C)(C(=O)O1)C2(C)C)[C@@H]3OC(=O)C12CCC(C)(C(=O)O1)C2(C)C. The van der Waals surface area contributed by atoms with E-state index in [0.29, 0.717) is 35.0 Å². The summed E-state index contributed by atoms with van der Waals surface area (Å²) in [6.45, 7) is 16.3. The normalized spacial score (nSPS) is 37.3. The van der Waals surface area contributed by atoms with Crippen molar-refractivity contribution in [2.24, 2.45) is 21.7 Å². The molecule has 0 amide bonds. The summed E-state index contributed by atoms with van der Waals surface area (Å²) in [7, 11) is 0. The highest BCUT2D eigenvalue weighted by Crippen LogP contribution is 2.67. The van der Waals surface area contributed by atoms with Crippen molar-refractivity contribution in [2.75, 3.05) is 5.32 Å². The number of carbonyl (C=O) groups is 4. The summed E-state index contributed by atoms with van der Waals surface area (Å²) >= 11 is 0. The minimum atomic E-state index is -1.57. The molecule has 11 heteroatoms. The Morgan fingerprint density at radius 3 is 1.78 bits per heavy atom. The molecule has 4 fully saturated rings. The second-order valence-corrected chi connectivity index (χ2v) is 16.0. The topological polar surface area (TPSA) is 147 Å². The van der Waals surface area contributed by atoms with Crippen molar-refractivity contribution in [3.05, 3.63) is 39.7 Å². The van der Waals surface area contributed by atoms with Crippen LogP contribution in [0.4, 0.5) is 5.69 Å². The summed E-state index contributed by atoms with van der Waals surface area (Å²) in [6.07, 6.45) is -1.03. The summed E-state index contributed by atoms with van der Waals surface area (Å²) in [5, 5.41) is 4.01. The third-order valence-electron chi connectivity index (χ3n) is 13.2. The Morgan fingerprint density at radius 1 is 0.783 bits per heavy atom. The molecule has 4 heterocycles. The molecule has 2 saturated carbocycles. The number of hydrogen-bond acceptors (Lipinski definition) is 11. The lowest BCUT2D eigenvalue weighted by Gasteiger charge is -2.46. The van der Waals surface area contributed by atoms with E-state index in [-0.39, 0.29) is 18.4 Å². The quantitative estimate of drug-likeness (QED) is 0.274. The van der Waals surface area contributed by atoms with Crippen LogP contribution in [0, 0.1) is 28.6 Å².